The summed E-state index contributed by atoms with van der Waals surface area (Å²) < 4.78 is 54.9. The first-order chi connectivity index (χ1) is 15.3. The second-order valence-corrected chi connectivity index (χ2v) is 7.83. The molecule has 176 valence electrons. The second kappa shape index (κ2) is 11.0. The topological polar surface area (TPSA) is 93.5 Å². The van der Waals surface area contributed by atoms with Gasteiger partial charge in [-0.05, 0) is 25.0 Å². The number of benzene rings is 1. The number of rotatable bonds is 10. The Balaban J connectivity index is 1.35. The average Bonchev–Trinajstić information content (AvgIpc) is 3.38. The molecule has 0 radical (unpaired) electrons. The molecule has 1 aromatic rings. The van der Waals surface area contributed by atoms with Crippen LogP contribution in [0.1, 0.15) is 19.3 Å². The van der Waals surface area contributed by atoms with Gasteiger partial charge in [0.2, 0.25) is 5.90 Å². The lowest BCUT2D eigenvalue weighted by Gasteiger charge is -2.30. The minimum Gasteiger partial charge on any atom is -0.484 e. The summed E-state index contributed by atoms with van der Waals surface area (Å²) in [6, 6.07) is 3.52. The van der Waals surface area contributed by atoms with Gasteiger partial charge in [0.15, 0.2) is 6.61 Å². The summed E-state index contributed by atoms with van der Waals surface area (Å²) in [6.07, 6.45) is -0.0852. The van der Waals surface area contributed by atoms with Crippen molar-refractivity contribution in [2.24, 2.45) is 10.2 Å². The lowest BCUT2D eigenvalue weighted by atomic mass is 10.0. The summed E-state index contributed by atoms with van der Waals surface area (Å²) in [5, 5.41) is 13.4. The maximum Gasteiger partial charge on any atom is 0.276 e. The fourth-order valence-electron chi connectivity index (χ4n) is 3.15. The molecule has 2 aliphatic rings. The van der Waals surface area contributed by atoms with Crippen molar-refractivity contribution in [1.82, 2.24) is 10.6 Å². The largest absolute Gasteiger partial charge is 0.484 e. The zero-order valence-corrected chi connectivity index (χ0v) is 17.9. The van der Waals surface area contributed by atoms with Gasteiger partial charge in [0.05, 0.1) is 17.7 Å². The molecule has 1 saturated carbocycles. The van der Waals surface area contributed by atoms with Crippen LogP contribution in [0, 0.1) is 5.82 Å². The lowest BCUT2D eigenvalue weighted by molar-refractivity contribution is -0.123. The minimum absolute atomic E-state index is 0.0132. The summed E-state index contributed by atoms with van der Waals surface area (Å²) in [5.74, 6) is -3.23. The van der Waals surface area contributed by atoms with Crippen LogP contribution < -0.4 is 15.4 Å². The normalized spacial score (nSPS) is 24.5. The van der Waals surface area contributed by atoms with Crippen LogP contribution in [-0.2, 0) is 14.3 Å². The number of nitrogens with one attached hydrogen (secondary N) is 2. The Morgan fingerprint density at radius 2 is 2.12 bits per heavy atom. The number of ether oxygens (including phenoxy) is 3. The molecule has 1 aliphatic carbocycles. The van der Waals surface area contributed by atoms with Crippen LogP contribution in [0.15, 0.2) is 28.4 Å². The Labute approximate surface area is 188 Å². The van der Waals surface area contributed by atoms with Gasteiger partial charge in [-0.1, -0.05) is 11.6 Å². The summed E-state index contributed by atoms with van der Waals surface area (Å²) in [7, 11) is 0. The van der Waals surface area contributed by atoms with E-state index in [0.29, 0.717) is 19.4 Å². The van der Waals surface area contributed by atoms with E-state index in [1.165, 1.54) is 12.1 Å². The number of hydrogen-bond acceptors (Lipinski definition) is 7. The van der Waals surface area contributed by atoms with Gasteiger partial charge in [0.1, 0.15) is 24.3 Å². The number of piperidine rings is 1. The average molecular weight is 477 g/mol. The van der Waals surface area contributed by atoms with Gasteiger partial charge in [0, 0.05) is 31.8 Å². The van der Waals surface area contributed by atoms with Gasteiger partial charge in [0.25, 0.3) is 11.8 Å². The molecule has 2 unspecified atom stereocenters. The quantitative estimate of drug-likeness (QED) is 0.234. The van der Waals surface area contributed by atoms with E-state index in [4.69, 9.17) is 25.8 Å². The molecule has 0 bridgehead atoms. The van der Waals surface area contributed by atoms with Crippen molar-refractivity contribution in [2.45, 2.75) is 43.4 Å². The first kappa shape index (κ1) is 24.3. The number of alkyl halides is 2. The van der Waals surface area contributed by atoms with E-state index >= 15 is 0 Å². The number of halogens is 4. The molecule has 1 saturated heterocycles. The van der Waals surface area contributed by atoms with E-state index in [-0.39, 0.29) is 60.9 Å². The van der Waals surface area contributed by atoms with Gasteiger partial charge in [-0.15, -0.1) is 5.10 Å². The molecule has 1 amide bonds. The Morgan fingerprint density at radius 1 is 1.34 bits per heavy atom. The van der Waals surface area contributed by atoms with Gasteiger partial charge < -0.3 is 24.8 Å². The number of carbonyl (C=O) groups is 1. The molecule has 1 heterocycles. The van der Waals surface area contributed by atoms with Crippen molar-refractivity contribution in [1.29, 1.82) is 0 Å². The first-order valence-corrected chi connectivity index (χ1v) is 10.4. The zero-order valence-electron chi connectivity index (χ0n) is 17.2. The Kier molecular flexibility index (Phi) is 8.32. The maximum atomic E-state index is 13.4. The molecule has 12 heteroatoms. The van der Waals surface area contributed by atoms with Crippen molar-refractivity contribution >= 4 is 30.1 Å². The Bertz CT molecular complexity index is 850. The maximum absolute atomic E-state index is 13.4. The van der Waals surface area contributed by atoms with E-state index in [9.17, 15) is 18.0 Å². The molecule has 0 spiro atoms. The number of hydrogen-bond donors (Lipinski definition) is 2. The highest BCUT2D eigenvalue weighted by Crippen LogP contribution is 2.44. The molecule has 1 aliphatic heterocycles. The molecule has 2 fully saturated rings. The lowest BCUT2D eigenvalue weighted by Crippen LogP contribution is -2.53. The third-order valence-electron chi connectivity index (χ3n) is 4.93. The predicted molar refractivity (Wildman–Crippen MR) is 112 cm³/mol. The van der Waals surface area contributed by atoms with Crippen LogP contribution in [0.25, 0.3) is 0 Å². The molecular formula is C20H24ClF3N4O4. The number of amides is 1. The van der Waals surface area contributed by atoms with Gasteiger partial charge in [-0.3, -0.25) is 4.79 Å². The standard InChI is InChI=1S/C20H24ClF3N4O4/c1-25-28-19(31-7-6-30-17-9-20(17,23)24)16-5-2-12(10-26-16)27-18(29)11-32-13-3-4-14(21)15(22)8-13/h3-4,8,12,16-17,26H,1-2,5-7,9-11H2,(H,27,29)/b28-19-/t12-,16?,17?/m0/s1. The highest BCUT2D eigenvalue weighted by atomic mass is 35.5. The van der Waals surface area contributed by atoms with Crippen LogP contribution in [0.3, 0.4) is 0 Å². The van der Waals surface area contributed by atoms with Crippen LogP contribution in [0.2, 0.25) is 5.02 Å². The zero-order chi connectivity index (χ0) is 23.1. The molecule has 32 heavy (non-hydrogen) atoms. The minimum atomic E-state index is -2.74. The van der Waals surface area contributed by atoms with E-state index in [2.05, 4.69) is 27.6 Å². The summed E-state index contributed by atoms with van der Waals surface area (Å²) in [6.45, 7) is 3.56. The molecular weight excluding hydrogens is 453 g/mol. The van der Waals surface area contributed by atoms with E-state index in [1.54, 1.807) is 0 Å². The van der Waals surface area contributed by atoms with Gasteiger partial charge in [-0.2, -0.15) is 5.10 Å². The van der Waals surface area contributed by atoms with Crippen LogP contribution in [-0.4, -0.2) is 69.0 Å². The smallest absolute Gasteiger partial charge is 0.276 e. The van der Waals surface area contributed by atoms with Crippen LogP contribution in [0.4, 0.5) is 13.2 Å². The highest BCUT2D eigenvalue weighted by molar-refractivity contribution is 6.30. The Morgan fingerprint density at radius 3 is 2.75 bits per heavy atom. The predicted octanol–water partition coefficient (Wildman–Crippen LogP) is 2.55. The number of carbonyl (C=O) groups excluding carboxylic acids is 1. The Hall–Kier alpha value is -2.37. The number of nitrogens with zero attached hydrogens (tertiary/aromatic N) is 2. The van der Waals surface area contributed by atoms with Crippen LogP contribution in [0.5, 0.6) is 5.75 Å². The van der Waals surface area contributed by atoms with E-state index in [0.717, 1.165) is 6.07 Å². The molecule has 3 atom stereocenters. The van der Waals surface area contributed by atoms with Crippen molar-refractivity contribution in [3.8, 4) is 5.75 Å². The highest BCUT2D eigenvalue weighted by Gasteiger charge is 2.58. The summed E-state index contributed by atoms with van der Waals surface area (Å²) in [4.78, 5) is 12.1. The third-order valence-corrected chi connectivity index (χ3v) is 5.24. The first-order valence-electron chi connectivity index (χ1n) is 10.0. The SMILES string of the molecule is C=N/N=C(\OCCOC1CC1(F)F)C1CC[C@H](NC(=O)COc2ccc(Cl)c(F)c2)CN1. The molecule has 0 aromatic heterocycles. The van der Waals surface area contributed by atoms with Crippen molar-refractivity contribution in [3.63, 3.8) is 0 Å². The van der Waals surface area contributed by atoms with Crippen molar-refractivity contribution in [2.75, 3.05) is 26.4 Å². The van der Waals surface area contributed by atoms with Crippen molar-refractivity contribution in [3.05, 3.63) is 29.0 Å². The molecule has 8 nitrogen and oxygen atoms in total. The second-order valence-electron chi connectivity index (χ2n) is 7.42. The third kappa shape index (κ3) is 7.07. The molecule has 2 N–H and O–H groups in total. The van der Waals surface area contributed by atoms with Crippen LogP contribution >= 0.6 is 11.6 Å². The fraction of sp³-hybridized carbons (Fsp3) is 0.550. The summed E-state index contributed by atoms with van der Waals surface area (Å²) in [5.41, 5.74) is 0. The van der Waals surface area contributed by atoms with E-state index < -0.39 is 17.8 Å². The monoisotopic (exact) mass is 476 g/mol. The van der Waals surface area contributed by atoms with Gasteiger partial charge in [-0.25, -0.2) is 13.2 Å². The molecule has 3 rings (SSSR count). The molecule has 1 aromatic carbocycles. The van der Waals surface area contributed by atoms with Gasteiger partial charge >= 0.3 is 0 Å². The van der Waals surface area contributed by atoms with E-state index in [1.807, 2.05) is 0 Å². The fourth-order valence-corrected chi connectivity index (χ4v) is 3.27. The summed E-state index contributed by atoms with van der Waals surface area (Å²) >= 11 is 5.61. The van der Waals surface area contributed by atoms with Crippen molar-refractivity contribution < 1.29 is 32.2 Å².